The van der Waals surface area contributed by atoms with E-state index in [2.05, 4.69) is 22.8 Å². The maximum absolute atomic E-state index is 14.3. The van der Waals surface area contributed by atoms with Crippen LogP contribution in [0, 0.1) is 5.92 Å². The van der Waals surface area contributed by atoms with Crippen molar-refractivity contribution in [1.82, 2.24) is 19.8 Å². The number of carbonyl (C=O) groups is 2. The van der Waals surface area contributed by atoms with Crippen molar-refractivity contribution in [3.8, 4) is 5.69 Å². The van der Waals surface area contributed by atoms with E-state index in [1.165, 1.54) is 0 Å². The summed E-state index contributed by atoms with van der Waals surface area (Å²) in [6.45, 7) is 2.10. The molecule has 10 heteroatoms. The van der Waals surface area contributed by atoms with Gasteiger partial charge in [-0.15, -0.1) is 0 Å². The number of hydrogen-bond donors (Lipinski definition) is 2. The first-order chi connectivity index (χ1) is 20.7. The van der Waals surface area contributed by atoms with Crippen LogP contribution in [0.3, 0.4) is 0 Å². The van der Waals surface area contributed by atoms with Crippen molar-refractivity contribution in [2.75, 3.05) is 12.4 Å². The minimum absolute atomic E-state index is 0.0426. The summed E-state index contributed by atoms with van der Waals surface area (Å²) in [6.07, 6.45) is 2.49. The molecule has 1 aromatic heterocycles. The number of nitrogens with one attached hydrogen (secondary N) is 2. The average molecular weight is 617 g/mol. The lowest BCUT2D eigenvalue weighted by molar-refractivity contribution is 0.0653. The topological polar surface area (TPSA) is 96.3 Å². The molecule has 2 amide bonds. The second-order valence-electron chi connectivity index (χ2n) is 11.1. The van der Waals surface area contributed by atoms with Gasteiger partial charge in [-0.1, -0.05) is 53.5 Å². The second kappa shape index (κ2) is 11.9. The van der Waals surface area contributed by atoms with Crippen molar-refractivity contribution in [3.05, 3.63) is 121 Å². The molecule has 2 N–H and O–H groups in total. The van der Waals surface area contributed by atoms with E-state index in [4.69, 9.17) is 28.2 Å². The second-order valence-corrected chi connectivity index (χ2v) is 11.9. The molecule has 6 rings (SSSR count). The number of fused-ring (bicyclic) bond motifs is 1. The maximum Gasteiger partial charge on any atom is 0.263 e. The van der Waals surface area contributed by atoms with Gasteiger partial charge in [-0.25, -0.2) is 9.55 Å². The standard InChI is InChI=1S/C33H31Cl2N5O3/c1-19-16-25-28(18-39(19)31(42)23-12-15-26(34)27(35)17-23)37-33(38-29(21-8-9-21)20-6-4-3-5-7-20)40(32(25)43)24-13-10-22(11-14-24)30(41)36-2/h3-7,10-15,17,19,21,29H,8-9,16,18H2,1-2H3,(H,36,41)(H,37,38)/t19-,29+/m1/s1. The van der Waals surface area contributed by atoms with Gasteiger partial charge in [0.2, 0.25) is 5.95 Å². The van der Waals surface area contributed by atoms with Crippen LogP contribution in [0.25, 0.3) is 5.69 Å². The van der Waals surface area contributed by atoms with Crippen LogP contribution < -0.4 is 16.2 Å². The molecule has 1 saturated carbocycles. The molecule has 0 unspecified atom stereocenters. The zero-order valence-corrected chi connectivity index (χ0v) is 25.3. The van der Waals surface area contributed by atoms with Gasteiger partial charge in [0, 0.05) is 29.8 Å². The Morgan fingerprint density at radius 2 is 1.65 bits per heavy atom. The van der Waals surface area contributed by atoms with Crippen LogP contribution in [0.5, 0.6) is 0 Å². The Hall–Kier alpha value is -4.14. The minimum Gasteiger partial charge on any atom is -0.355 e. The number of halogens is 2. The molecule has 2 aliphatic rings. The van der Waals surface area contributed by atoms with Crippen LogP contribution in [0.15, 0.2) is 77.6 Å². The van der Waals surface area contributed by atoms with E-state index < -0.39 is 0 Å². The first-order valence-corrected chi connectivity index (χ1v) is 15.1. The largest absolute Gasteiger partial charge is 0.355 e. The van der Waals surface area contributed by atoms with Crippen molar-refractivity contribution in [2.45, 2.75) is 44.8 Å². The Kier molecular flexibility index (Phi) is 7.99. The van der Waals surface area contributed by atoms with Crippen molar-refractivity contribution in [2.24, 2.45) is 5.92 Å². The fourth-order valence-electron chi connectivity index (χ4n) is 5.67. The van der Waals surface area contributed by atoms with Crippen molar-refractivity contribution in [1.29, 1.82) is 0 Å². The van der Waals surface area contributed by atoms with Gasteiger partial charge in [0.25, 0.3) is 17.4 Å². The van der Waals surface area contributed by atoms with E-state index in [9.17, 15) is 14.4 Å². The number of hydrogen-bond acceptors (Lipinski definition) is 5. The lowest BCUT2D eigenvalue weighted by Gasteiger charge is -2.35. The molecule has 3 aromatic carbocycles. The highest BCUT2D eigenvalue weighted by atomic mass is 35.5. The van der Waals surface area contributed by atoms with Crippen LogP contribution in [-0.4, -0.2) is 39.4 Å². The number of aromatic nitrogens is 2. The molecule has 220 valence electrons. The van der Waals surface area contributed by atoms with Crippen LogP contribution in [0.1, 0.15) is 63.3 Å². The fraction of sp³-hybridized carbons (Fsp3) is 0.273. The highest BCUT2D eigenvalue weighted by Crippen LogP contribution is 2.43. The van der Waals surface area contributed by atoms with E-state index in [1.807, 2.05) is 25.1 Å². The normalized spacial score (nSPS) is 16.7. The van der Waals surface area contributed by atoms with Crippen LogP contribution in [-0.2, 0) is 13.0 Å². The van der Waals surface area contributed by atoms with Gasteiger partial charge < -0.3 is 15.5 Å². The van der Waals surface area contributed by atoms with E-state index in [0.29, 0.717) is 56.4 Å². The summed E-state index contributed by atoms with van der Waals surface area (Å²) in [5, 5.41) is 6.91. The number of nitrogens with zero attached hydrogens (tertiary/aromatic N) is 3. The Balaban J connectivity index is 1.43. The lowest BCUT2D eigenvalue weighted by Crippen LogP contribution is -2.46. The van der Waals surface area contributed by atoms with E-state index >= 15 is 0 Å². The quantitative estimate of drug-likeness (QED) is 0.264. The van der Waals surface area contributed by atoms with Gasteiger partial charge in [0.05, 0.1) is 34.0 Å². The lowest BCUT2D eigenvalue weighted by atomic mass is 9.98. The van der Waals surface area contributed by atoms with Gasteiger partial charge in [0.15, 0.2) is 0 Å². The highest BCUT2D eigenvalue weighted by molar-refractivity contribution is 6.42. The highest BCUT2D eigenvalue weighted by Gasteiger charge is 2.35. The summed E-state index contributed by atoms with van der Waals surface area (Å²) < 4.78 is 1.59. The number of amides is 2. The Morgan fingerprint density at radius 1 is 0.953 bits per heavy atom. The van der Waals surface area contributed by atoms with E-state index in [1.54, 1.807) is 59.0 Å². The summed E-state index contributed by atoms with van der Waals surface area (Å²) in [4.78, 5) is 46.8. The minimum atomic E-state index is -0.254. The molecule has 0 spiro atoms. The molecule has 2 heterocycles. The smallest absolute Gasteiger partial charge is 0.263 e. The SMILES string of the molecule is CNC(=O)c1ccc(-n2c(N[C@@H](c3ccccc3)C3CC3)nc3c(c2=O)C[C@@H](C)N(C(=O)c2ccc(Cl)c(Cl)c2)C3)cc1. The zero-order valence-electron chi connectivity index (χ0n) is 23.8. The summed E-state index contributed by atoms with van der Waals surface area (Å²) in [7, 11) is 1.58. The molecule has 1 fully saturated rings. The summed E-state index contributed by atoms with van der Waals surface area (Å²) in [6, 6.07) is 21.6. The molecule has 43 heavy (non-hydrogen) atoms. The van der Waals surface area contributed by atoms with Crippen LogP contribution in [0.4, 0.5) is 5.95 Å². The molecule has 1 aliphatic carbocycles. The van der Waals surface area contributed by atoms with Gasteiger partial charge in [-0.3, -0.25) is 14.4 Å². The molecule has 0 saturated heterocycles. The Labute approximate surface area is 259 Å². The predicted octanol–water partition coefficient (Wildman–Crippen LogP) is 6.05. The molecule has 2 atom stereocenters. The summed E-state index contributed by atoms with van der Waals surface area (Å²) in [5.41, 5.74) is 3.55. The summed E-state index contributed by atoms with van der Waals surface area (Å²) in [5.74, 6) is 0.391. The van der Waals surface area contributed by atoms with Crippen molar-refractivity contribution in [3.63, 3.8) is 0 Å². The number of benzene rings is 3. The number of rotatable bonds is 7. The van der Waals surface area contributed by atoms with Crippen molar-refractivity contribution < 1.29 is 9.59 Å². The predicted molar refractivity (Wildman–Crippen MR) is 168 cm³/mol. The van der Waals surface area contributed by atoms with Gasteiger partial charge in [-0.05, 0) is 80.1 Å². The molecular formula is C33H31Cl2N5O3. The van der Waals surface area contributed by atoms with Gasteiger partial charge in [0.1, 0.15) is 0 Å². The first-order valence-electron chi connectivity index (χ1n) is 14.3. The molecule has 0 bridgehead atoms. The molecule has 0 radical (unpaired) electrons. The maximum atomic E-state index is 14.3. The summed E-state index contributed by atoms with van der Waals surface area (Å²) >= 11 is 12.3. The third kappa shape index (κ3) is 5.77. The van der Waals surface area contributed by atoms with E-state index in [0.717, 1.165) is 18.4 Å². The third-order valence-electron chi connectivity index (χ3n) is 8.19. The van der Waals surface area contributed by atoms with Gasteiger partial charge >= 0.3 is 0 Å². The monoisotopic (exact) mass is 615 g/mol. The average Bonchev–Trinajstić information content (AvgIpc) is 3.87. The van der Waals surface area contributed by atoms with Crippen LogP contribution >= 0.6 is 23.2 Å². The van der Waals surface area contributed by atoms with E-state index in [-0.39, 0.29) is 36.0 Å². The van der Waals surface area contributed by atoms with Gasteiger partial charge in [-0.2, -0.15) is 0 Å². The van der Waals surface area contributed by atoms with Crippen LogP contribution in [0.2, 0.25) is 10.0 Å². The molecule has 4 aromatic rings. The van der Waals surface area contributed by atoms with Crippen molar-refractivity contribution >= 4 is 41.0 Å². The zero-order chi connectivity index (χ0) is 30.2. The molecule has 1 aliphatic heterocycles. The third-order valence-corrected chi connectivity index (χ3v) is 8.93. The molecule has 8 nitrogen and oxygen atoms in total. The number of carbonyl (C=O) groups excluding carboxylic acids is 2. The Morgan fingerprint density at radius 3 is 2.30 bits per heavy atom. The number of anilines is 1. The molecular weight excluding hydrogens is 585 g/mol. The fourth-order valence-corrected chi connectivity index (χ4v) is 5.97. The first kappa shape index (κ1) is 29.0. The Bertz CT molecular complexity index is 1750.